The smallest absolute Gasteiger partial charge is 0.222 e. The Bertz CT molecular complexity index is 524. The first-order valence-corrected chi connectivity index (χ1v) is 13.7. The largest absolute Gasteiger partial charge is 0.355 e. The van der Waals surface area contributed by atoms with Gasteiger partial charge in [0.15, 0.2) is 0 Å². The van der Waals surface area contributed by atoms with E-state index in [9.17, 15) is 9.59 Å². The van der Waals surface area contributed by atoms with Gasteiger partial charge in [-0.15, -0.1) is 13.2 Å². The van der Waals surface area contributed by atoms with Gasteiger partial charge in [0.2, 0.25) is 11.8 Å². The van der Waals surface area contributed by atoms with Crippen LogP contribution in [0.2, 0.25) is 0 Å². The lowest BCUT2D eigenvalue weighted by Gasteiger charge is -2.34. The number of hydrogen-bond donors (Lipinski definition) is 1. The van der Waals surface area contributed by atoms with Crippen molar-refractivity contribution in [3.05, 3.63) is 25.3 Å². The number of nitrogens with zero attached hydrogens (tertiary/aromatic N) is 2. The molecule has 1 saturated heterocycles. The summed E-state index contributed by atoms with van der Waals surface area (Å²) in [6.45, 7) is 12.6. The summed E-state index contributed by atoms with van der Waals surface area (Å²) < 4.78 is 0. The first kappa shape index (κ1) is 29.4. The van der Waals surface area contributed by atoms with Crippen LogP contribution in [0.3, 0.4) is 0 Å². The van der Waals surface area contributed by atoms with Crippen LogP contribution in [0, 0.1) is 0 Å². The fraction of sp³-hybridized carbons (Fsp3) is 0.786. The fourth-order valence-corrected chi connectivity index (χ4v) is 4.37. The molecule has 1 aliphatic heterocycles. The van der Waals surface area contributed by atoms with Crippen LogP contribution in [0.5, 0.6) is 0 Å². The van der Waals surface area contributed by atoms with Gasteiger partial charge in [-0.1, -0.05) is 63.5 Å². The molecule has 0 aliphatic carbocycles. The van der Waals surface area contributed by atoms with Gasteiger partial charge < -0.3 is 10.2 Å². The summed E-state index contributed by atoms with van der Waals surface area (Å²) >= 11 is 0. The van der Waals surface area contributed by atoms with Crippen molar-refractivity contribution in [1.82, 2.24) is 15.1 Å². The lowest BCUT2D eigenvalue weighted by Crippen LogP contribution is -2.50. The van der Waals surface area contributed by atoms with Gasteiger partial charge >= 0.3 is 0 Å². The Kier molecular flexibility index (Phi) is 18.7. The molecule has 33 heavy (non-hydrogen) atoms. The van der Waals surface area contributed by atoms with Crippen LogP contribution in [0.1, 0.15) is 103 Å². The molecule has 1 aliphatic rings. The minimum absolute atomic E-state index is 0.177. The van der Waals surface area contributed by atoms with Gasteiger partial charge in [0.1, 0.15) is 0 Å². The number of carbonyl (C=O) groups excluding carboxylic acids is 2. The highest BCUT2D eigenvalue weighted by atomic mass is 16.2. The molecule has 0 bridgehead atoms. The van der Waals surface area contributed by atoms with Gasteiger partial charge in [-0.25, -0.2) is 0 Å². The van der Waals surface area contributed by atoms with Gasteiger partial charge in [-0.2, -0.15) is 0 Å². The number of unbranched alkanes of at least 4 members (excludes halogenated alkanes) is 12. The third-order valence-corrected chi connectivity index (χ3v) is 6.59. The van der Waals surface area contributed by atoms with Crippen molar-refractivity contribution in [2.75, 3.05) is 39.3 Å². The predicted octanol–water partition coefficient (Wildman–Crippen LogP) is 5.86. The molecule has 0 unspecified atom stereocenters. The first-order chi connectivity index (χ1) is 16.2. The molecule has 0 atom stereocenters. The molecule has 190 valence electrons. The maximum Gasteiger partial charge on any atom is 0.222 e. The third-order valence-electron chi connectivity index (χ3n) is 6.59. The van der Waals surface area contributed by atoms with Gasteiger partial charge in [0.25, 0.3) is 0 Å². The van der Waals surface area contributed by atoms with E-state index in [0.717, 1.165) is 71.2 Å². The number of rotatable bonds is 21. The minimum atomic E-state index is 0.177. The summed E-state index contributed by atoms with van der Waals surface area (Å²) in [5, 5.41) is 3.06. The minimum Gasteiger partial charge on any atom is -0.355 e. The maximum absolute atomic E-state index is 12.4. The molecule has 1 N–H and O–H groups in total. The molecule has 0 radical (unpaired) electrons. The number of carbonyl (C=O) groups is 2. The average Bonchev–Trinajstić information content (AvgIpc) is 2.82. The van der Waals surface area contributed by atoms with Gasteiger partial charge in [-0.05, 0) is 38.5 Å². The number of piperazine rings is 1. The van der Waals surface area contributed by atoms with E-state index in [1.54, 1.807) is 0 Å². The zero-order valence-corrected chi connectivity index (χ0v) is 21.3. The summed E-state index contributed by atoms with van der Waals surface area (Å²) in [6.07, 6.45) is 21.9. The van der Waals surface area contributed by atoms with Crippen LogP contribution < -0.4 is 5.32 Å². The van der Waals surface area contributed by atoms with Crippen molar-refractivity contribution >= 4 is 11.8 Å². The lowest BCUT2D eigenvalue weighted by molar-refractivity contribution is -0.133. The Labute approximate surface area is 204 Å². The number of hydrogen-bond acceptors (Lipinski definition) is 3. The molecule has 0 saturated carbocycles. The molecule has 0 aromatic rings. The van der Waals surface area contributed by atoms with Crippen LogP contribution in [0.25, 0.3) is 0 Å². The van der Waals surface area contributed by atoms with Gasteiger partial charge in [0, 0.05) is 52.1 Å². The van der Waals surface area contributed by atoms with E-state index < -0.39 is 0 Å². The standard InChI is InChI=1S/C28H51N3O2/c1-3-5-7-9-11-13-15-17-19-27(32)29-21-22-30-23-25-31(26-24-30)28(33)20-18-16-14-12-10-8-6-4-2/h3-4H,1-2,5-26H2,(H,29,32). The normalized spacial score (nSPS) is 14.2. The molecular weight excluding hydrogens is 410 g/mol. The molecule has 1 heterocycles. The molecule has 0 aromatic carbocycles. The molecule has 5 nitrogen and oxygen atoms in total. The highest BCUT2D eigenvalue weighted by Crippen LogP contribution is 2.11. The van der Waals surface area contributed by atoms with Crippen LogP contribution in [0.4, 0.5) is 0 Å². The van der Waals surface area contributed by atoms with Crippen molar-refractivity contribution < 1.29 is 9.59 Å². The predicted molar refractivity (Wildman–Crippen MR) is 140 cm³/mol. The van der Waals surface area contributed by atoms with E-state index in [1.807, 2.05) is 17.1 Å². The highest BCUT2D eigenvalue weighted by Gasteiger charge is 2.20. The Morgan fingerprint density at radius 3 is 1.70 bits per heavy atom. The first-order valence-electron chi connectivity index (χ1n) is 13.7. The second-order valence-corrected chi connectivity index (χ2v) is 9.47. The van der Waals surface area contributed by atoms with E-state index in [1.165, 1.54) is 51.4 Å². The molecule has 0 spiro atoms. The quantitative estimate of drug-likeness (QED) is 0.172. The lowest BCUT2D eigenvalue weighted by atomic mass is 10.1. The molecule has 1 fully saturated rings. The van der Waals surface area contributed by atoms with E-state index in [0.29, 0.717) is 25.3 Å². The van der Waals surface area contributed by atoms with Crippen molar-refractivity contribution in [3.63, 3.8) is 0 Å². The summed E-state index contributed by atoms with van der Waals surface area (Å²) in [7, 11) is 0. The van der Waals surface area contributed by atoms with Crippen LogP contribution in [0.15, 0.2) is 25.3 Å². The summed E-state index contributed by atoms with van der Waals surface area (Å²) in [5.74, 6) is 0.492. The number of amides is 2. The molecular formula is C28H51N3O2. The Balaban J connectivity index is 1.95. The van der Waals surface area contributed by atoms with Crippen molar-refractivity contribution in [1.29, 1.82) is 0 Å². The SMILES string of the molecule is C=CCCCCCCCCC(=O)NCCN1CCN(C(=O)CCCCCCCCC=C)CC1. The summed E-state index contributed by atoms with van der Waals surface area (Å²) in [4.78, 5) is 28.8. The van der Waals surface area contributed by atoms with E-state index >= 15 is 0 Å². The van der Waals surface area contributed by atoms with Crippen LogP contribution in [-0.4, -0.2) is 60.9 Å². The molecule has 1 rings (SSSR count). The molecule has 0 aromatic heterocycles. The summed E-state index contributed by atoms with van der Waals surface area (Å²) in [5.41, 5.74) is 0. The van der Waals surface area contributed by atoms with E-state index in [2.05, 4.69) is 23.4 Å². The van der Waals surface area contributed by atoms with Crippen LogP contribution >= 0.6 is 0 Å². The average molecular weight is 462 g/mol. The number of allylic oxidation sites excluding steroid dienone is 2. The van der Waals surface area contributed by atoms with Crippen molar-refractivity contribution in [2.45, 2.75) is 103 Å². The zero-order valence-electron chi connectivity index (χ0n) is 21.3. The van der Waals surface area contributed by atoms with Gasteiger partial charge in [-0.3, -0.25) is 14.5 Å². The third kappa shape index (κ3) is 16.6. The highest BCUT2D eigenvalue weighted by molar-refractivity contribution is 5.76. The van der Waals surface area contributed by atoms with Crippen molar-refractivity contribution in [2.24, 2.45) is 0 Å². The Morgan fingerprint density at radius 1 is 0.667 bits per heavy atom. The second-order valence-electron chi connectivity index (χ2n) is 9.47. The molecule has 2 amide bonds. The van der Waals surface area contributed by atoms with Crippen molar-refractivity contribution in [3.8, 4) is 0 Å². The molecule has 5 heteroatoms. The Morgan fingerprint density at radius 2 is 1.15 bits per heavy atom. The Hall–Kier alpha value is -1.62. The topological polar surface area (TPSA) is 52.7 Å². The second kappa shape index (κ2) is 20.9. The van der Waals surface area contributed by atoms with Crippen LogP contribution in [-0.2, 0) is 9.59 Å². The summed E-state index contributed by atoms with van der Waals surface area (Å²) in [6, 6.07) is 0. The maximum atomic E-state index is 12.4. The fourth-order valence-electron chi connectivity index (χ4n) is 4.37. The van der Waals surface area contributed by atoms with Gasteiger partial charge in [0.05, 0.1) is 0 Å². The monoisotopic (exact) mass is 461 g/mol. The zero-order chi connectivity index (χ0) is 24.0. The van der Waals surface area contributed by atoms with E-state index in [-0.39, 0.29) is 5.91 Å². The number of nitrogens with one attached hydrogen (secondary N) is 1. The van der Waals surface area contributed by atoms with E-state index in [4.69, 9.17) is 0 Å².